The highest BCUT2D eigenvalue weighted by molar-refractivity contribution is 5.78. The molecule has 0 unspecified atom stereocenters. The summed E-state index contributed by atoms with van der Waals surface area (Å²) in [6.45, 7) is 2.23. The Morgan fingerprint density at radius 2 is 1.97 bits per heavy atom. The van der Waals surface area contributed by atoms with Crippen molar-refractivity contribution in [1.29, 1.82) is 0 Å². The molecule has 35 heavy (non-hydrogen) atoms. The highest BCUT2D eigenvalue weighted by Gasteiger charge is 2.29. The normalized spacial score (nSPS) is 14.5. The van der Waals surface area contributed by atoms with Crippen molar-refractivity contribution < 1.29 is 28.5 Å². The summed E-state index contributed by atoms with van der Waals surface area (Å²) in [5.74, 6) is -0.522. The van der Waals surface area contributed by atoms with E-state index in [1.165, 1.54) is 13.2 Å². The number of hydrogen-bond acceptors (Lipinski definition) is 8. The van der Waals surface area contributed by atoms with Crippen LogP contribution in [0.4, 0.5) is 0 Å². The summed E-state index contributed by atoms with van der Waals surface area (Å²) in [7, 11) is 1.48. The molecule has 0 bridgehead atoms. The summed E-state index contributed by atoms with van der Waals surface area (Å²) in [5, 5.41) is 10.6. The Labute approximate surface area is 202 Å². The first-order valence-electron chi connectivity index (χ1n) is 11.4. The second-order valence-corrected chi connectivity index (χ2v) is 8.15. The zero-order valence-electron chi connectivity index (χ0n) is 19.5. The lowest BCUT2D eigenvalue weighted by molar-refractivity contribution is -0.135. The van der Waals surface area contributed by atoms with E-state index in [0.717, 1.165) is 5.69 Å². The van der Waals surface area contributed by atoms with Crippen LogP contribution in [-0.4, -0.2) is 54.3 Å². The largest absolute Gasteiger partial charge is 0.502 e. The minimum atomic E-state index is -0.715. The van der Waals surface area contributed by atoms with Gasteiger partial charge < -0.3 is 28.6 Å². The van der Waals surface area contributed by atoms with Crippen molar-refractivity contribution in [3.63, 3.8) is 0 Å². The van der Waals surface area contributed by atoms with Crippen molar-refractivity contribution in [2.45, 2.75) is 25.6 Å². The predicted molar refractivity (Wildman–Crippen MR) is 126 cm³/mol. The summed E-state index contributed by atoms with van der Waals surface area (Å²) in [6, 6.07) is 14.0. The van der Waals surface area contributed by atoms with Gasteiger partial charge in [0.2, 0.25) is 17.1 Å². The van der Waals surface area contributed by atoms with Crippen LogP contribution in [0.1, 0.15) is 35.1 Å². The predicted octanol–water partition coefficient (Wildman–Crippen LogP) is 2.85. The third-order valence-corrected chi connectivity index (χ3v) is 5.72. The lowest BCUT2D eigenvalue weighted by atomic mass is 9.91. The molecule has 1 aliphatic heterocycles. The topological polar surface area (TPSA) is 111 Å². The molecular formula is C26H28N2O7. The molecule has 1 amide bonds. The molecule has 1 atom stereocenters. The number of pyridine rings is 1. The zero-order chi connectivity index (χ0) is 24.6. The molecule has 1 aliphatic rings. The van der Waals surface area contributed by atoms with E-state index in [2.05, 4.69) is 4.98 Å². The highest BCUT2D eigenvalue weighted by atomic mass is 16.5. The second-order valence-electron chi connectivity index (χ2n) is 8.15. The van der Waals surface area contributed by atoms with Gasteiger partial charge in [-0.15, -0.1) is 0 Å². The van der Waals surface area contributed by atoms with Gasteiger partial charge in [0.05, 0.1) is 24.8 Å². The molecule has 0 saturated carbocycles. The minimum Gasteiger partial charge on any atom is -0.502 e. The highest BCUT2D eigenvalue weighted by Crippen LogP contribution is 2.35. The van der Waals surface area contributed by atoms with Gasteiger partial charge in [0.15, 0.2) is 5.76 Å². The van der Waals surface area contributed by atoms with Gasteiger partial charge in [0.25, 0.3) is 0 Å². The number of amides is 1. The van der Waals surface area contributed by atoms with Crippen LogP contribution < -0.4 is 10.2 Å². The molecule has 2 aromatic heterocycles. The molecule has 3 aromatic rings. The van der Waals surface area contributed by atoms with E-state index >= 15 is 0 Å². The molecule has 1 saturated heterocycles. The number of carbonyl (C=O) groups excluding carboxylic acids is 1. The van der Waals surface area contributed by atoms with Crippen LogP contribution >= 0.6 is 0 Å². The first kappa shape index (κ1) is 24.4. The number of ether oxygens (including phenoxy) is 3. The number of morpholine rings is 1. The standard InChI is InChI=1S/C26H28N2O7/c1-32-17-21-14-23(29)25(31)26(35-21)22(15-24(30)28-9-11-33-12-10-28)18-5-4-7-20(13-18)34-16-19-6-2-3-8-27-19/h2-8,13-14,22,31H,9-12,15-17H2,1H3/t22-/m0/s1. The summed E-state index contributed by atoms with van der Waals surface area (Å²) < 4.78 is 22.2. The Kier molecular flexibility index (Phi) is 8.12. The van der Waals surface area contributed by atoms with Gasteiger partial charge in [0, 0.05) is 38.9 Å². The van der Waals surface area contributed by atoms with Crippen molar-refractivity contribution in [2.75, 3.05) is 33.4 Å². The van der Waals surface area contributed by atoms with Crippen LogP contribution in [0.2, 0.25) is 0 Å². The Hall–Kier alpha value is -3.69. The fourth-order valence-electron chi connectivity index (χ4n) is 3.94. The monoisotopic (exact) mass is 480 g/mol. The van der Waals surface area contributed by atoms with E-state index in [1.807, 2.05) is 24.3 Å². The third-order valence-electron chi connectivity index (χ3n) is 5.72. The SMILES string of the molecule is COCc1cc(=O)c(O)c([C@@H](CC(=O)N2CCOCC2)c2cccc(OCc3ccccn3)c2)o1. The lowest BCUT2D eigenvalue weighted by Gasteiger charge is -2.28. The molecule has 4 rings (SSSR count). The number of rotatable bonds is 9. The van der Waals surface area contributed by atoms with Gasteiger partial charge >= 0.3 is 0 Å². The fourth-order valence-corrected chi connectivity index (χ4v) is 3.94. The van der Waals surface area contributed by atoms with Crippen molar-refractivity contribution in [2.24, 2.45) is 0 Å². The molecule has 9 nitrogen and oxygen atoms in total. The van der Waals surface area contributed by atoms with Crippen LogP contribution in [0.25, 0.3) is 0 Å². The molecular weight excluding hydrogens is 452 g/mol. The van der Waals surface area contributed by atoms with E-state index in [1.54, 1.807) is 29.3 Å². The molecule has 1 N–H and O–H groups in total. The maximum atomic E-state index is 13.2. The van der Waals surface area contributed by atoms with Gasteiger partial charge in [-0.3, -0.25) is 14.6 Å². The van der Waals surface area contributed by atoms with Gasteiger partial charge in [0.1, 0.15) is 24.7 Å². The molecule has 3 heterocycles. The second kappa shape index (κ2) is 11.6. The van der Waals surface area contributed by atoms with Crippen LogP contribution in [0.3, 0.4) is 0 Å². The van der Waals surface area contributed by atoms with Gasteiger partial charge in [-0.25, -0.2) is 0 Å². The maximum absolute atomic E-state index is 13.2. The maximum Gasteiger partial charge on any atom is 0.227 e. The molecule has 0 spiro atoms. The zero-order valence-corrected chi connectivity index (χ0v) is 19.5. The first-order chi connectivity index (χ1) is 17.0. The quantitative estimate of drug-likeness (QED) is 0.498. The molecule has 9 heteroatoms. The first-order valence-corrected chi connectivity index (χ1v) is 11.4. The summed E-state index contributed by atoms with van der Waals surface area (Å²) in [4.78, 5) is 31.6. The molecule has 0 radical (unpaired) electrons. The lowest BCUT2D eigenvalue weighted by Crippen LogP contribution is -2.41. The Balaban J connectivity index is 1.66. The average Bonchev–Trinajstić information content (AvgIpc) is 2.89. The van der Waals surface area contributed by atoms with Crippen molar-refractivity contribution in [1.82, 2.24) is 9.88 Å². The van der Waals surface area contributed by atoms with Crippen LogP contribution in [0.5, 0.6) is 11.5 Å². The van der Waals surface area contributed by atoms with Crippen molar-refractivity contribution in [3.8, 4) is 11.5 Å². The van der Waals surface area contributed by atoms with E-state index in [-0.39, 0.29) is 37.1 Å². The van der Waals surface area contributed by atoms with Crippen molar-refractivity contribution >= 4 is 5.91 Å². The summed E-state index contributed by atoms with van der Waals surface area (Å²) >= 11 is 0. The molecule has 1 fully saturated rings. The summed E-state index contributed by atoms with van der Waals surface area (Å²) in [6.07, 6.45) is 1.69. The van der Waals surface area contributed by atoms with E-state index in [9.17, 15) is 14.7 Å². The van der Waals surface area contributed by atoms with Crippen LogP contribution in [-0.2, 0) is 27.5 Å². The number of aromatic nitrogens is 1. The van der Waals surface area contributed by atoms with E-state index in [4.69, 9.17) is 18.6 Å². The van der Waals surface area contributed by atoms with Crippen LogP contribution in [0.15, 0.2) is 63.9 Å². The molecule has 184 valence electrons. The Morgan fingerprint density at radius 1 is 1.14 bits per heavy atom. The summed E-state index contributed by atoms with van der Waals surface area (Å²) in [5.41, 5.74) is 0.843. The number of methoxy groups -OCH3 is 1. The number of hydrogen-bond donors (Lipinski definition) is 1. The number of carbonyl (C=O) groups is 1. The van der Waals surface area contributed by atoms with Gasteiger partial charge in [-0.2, -0.15) is 0 Å². The average molecular weight is 481 g/mol. The van der Waals surface area contributed by atoms with Gasteiger partial charge in [-0.1, -0.05) is 18.2 Å². The van der Waals surface area contributed by atoms with Crippen molar-refractivity contribution in [3.05, 3.63) is 87.7 Å². The molecule has 1 aromatic carbocycles. The third kappa shape index (κ3) is 6.26. The molecule has 0 aliphatic carbocycles. The number of nitrogens with zero attached hydrogens (tertiary/aromatic N) is 2. The smallest absolute Gasteiger partial charge is 0.227 e. The van der Waals surface area contributed by atoms with E-state index < -0.39 is 17.1 Å². The van der Waals surface area contributed by atoms with Crippen LogP contribution in [0, 0.1) is 0 Å². The minimum absolute atomic E-state index is 0.00334. The number of aromatic hydroxyl groups is 1. The fraction of sp³-hybridized carbons (Fsp3) is 0.346. The van der Waals surface area contributed by atoms with E-state index in [0.29, 0.717) is 37.6 Å². The van der Waals surface area contributed by atoms with Gasteiger partial charge in [-0.05, 0) is 29.8 Å². The Morgan fingerprint density at radius 3 is 2.71 bits per heavy atom. The number of benzene rings is 1. The Bertz CT molecular complexity index is 1190.